The van der Waals surface area contributed by atoms with Crippen LogP contribution in [-0.2, 0) is 4.79 Å². The van der Waals surface area contributed by atoms with Crippen molar-refractivity contribution < 1.29 is 14.3 Å². The van der Waals surface area contributed by atoms with Gasteiger partial charge in [0.2, 0.25) is 5.91 Å². The summed E-state index contributed by atoms with van der Waals surface area (Å²) in [6, 6.07) is 7.45. The summed E-state index contributed by atoms with van der Waals surface area (Å²) >= 11 is 0. The molecule has 0 saturated heterocycles. The van der Waals surface area contributed by atoms with Crippen molar-refractivity contribution in [1.29, 1.82) is 0 Å². The van der Waals surface area contributed by atoms with E-state index < -0.39 is 0 Å². The van der Waals surface area contributed by atoms with Gasteiger partial charge >= 0.3 is 0 Å². The maximum absolute atomic E-state index is 12.2. The minimum absolute atomic E-state index is 0.0633. The Kier molecular flexibility index (Phi) is 6.44. The van der Waals surface area contributed by atoms with Crippen molar-refractivity contribution in [3.63, 3.8) is 0 Å². The van der Waals surface area contributed by atoms with Gasteiger partial charge in [-0.2, -0.15) is 0 Å². The Morgan fingerprint density at radius 1 is 1.30 bits per heavy atom. The normalized spacial score (nSPS) is 14.9. The number of hydrogen-bond acceptors (Lipinski definition) is 3. The highest BCUT2D eigenvalue weighted by molar-refractivity contribution is 5.96. The van der Waals surface area contributed by atoms with Crippen LogP contribution < -0.4 is 15.4 Å². The van der Waals surface area contributed by atoms with E-state index in [4.69, 9.17) is 4.74 Å². The molecule has 1 fully saturated rings. The molecule has 2 amide bonds. The lowest BCUT2D eigenvalue weighted by molar-refractivity contribution is -0.121. The predicted octanol–water partition coefficient (Wildman–Crippen LogP) is 2.51. The number of carbonyl (C=O) groups excluding carboxylic acids is 2. The van der Waals surface area contributed by atoms with Gasteiger partial charge in [-0.1, -0.05) is 12.1 Å². The zero-order valence-electron chi connectivity index (χ0n) is 13.9. The third kappa shape index (κ3) is 5.58. The fourth-order valence-corrected chi connectivity index (χ4v) is 2.52. The third-order valence-electron chi connectivity index (χ3n) is 4.02. The molecule has 0 heterocycles. The third-order valence-corrected chi connectivity index (χ3v) is 4.02. The molecule has 2 rings (SSSR count). The minimum Gasteiger partial charge on any atom is -0.493 e. The number of rotatable bonds is 9. The van der Waals surface area contributed by atoms with E-state index in [-0.39, 0.29) is 17.9 Å². The highest BCUT2D eigenvalue weighted by atomic mass is 16.5. The number of amides is 2. The molecule has 23 heavy (non-hydrogen) atoms. The summed E-state index contributed by atoms with van der Waals surface area (Å²) < 4.78 is 5.45. The van der Waals surface area contributed by atoms with Gasteiger partial charge in [0.1, 0.15) is 5.75 Å². The standard InChI is InChI=1S/C18H26N2O3/c1-3-23-16-8-5-4-7-15(16)18(22)19-12-6-9-17(21)20-13(2)14-10-11-14/h4-5,7-8,13-14H,3,6,9-12H2,1-2H3,(H,19,22)(H,20,21). The number of nitrogens with one attached hydrogen (secondary N) is 2. The molecule has 1 saturated carbocycles. The van der Waals surface area contributed by atoms with Gasteiger partial charge in [0.25, 0.3) is 5.91 Å². The molecule has 0 aliphatic heterocycles. The summed E-state index contributed by atoms with van der Waals surface area (Å²) in [5.41, 5.74) is 0.529. The summed E-state index contributed by atoms with van der Waals surface area (Å²) in [4.78, 5) is 24.0. The zero-order valence-corrected chi connectivity index (χ0v) is 13.9. The van der Waals surface area contributed by atoms with Crippen LogP contribution >= 0.6 is 0 Å². The summed E-state index contributed by atoms with van der Waals surface area (Å²) in [7, 11) is 0. The summed E-state index contributed by atoms with van der Waals surface area (Å²) in [5.74, 6) is 1.14. The van der Waals surface area contributed by atoms with E-state index in [1.54, 1.807) is 12.1 Å². The predicted molar refractivity (Wildman–Crippen MR) is 89.5 cm³/mol. The molecule has 5 nitrogen and oxygen atoms in total. The Balaban J connectivity index is 1.69. The van der Waals surface area contributed by atoms with Gasteiger partial charge in [-0.25, -0.2) is 0 Å². The second-order valence-electron chi connectivity index (χ2n) is 5.98. The fourth-order valence-electron chi connectivity index (χ4n) is 2.52. The van der Waals surface area contributed by atoms with Gasteiger partial charge in [0.15, 0.2) is 0 Å². The van der Waals surface area contributed by atoms with Gasteiger partial charge < -0.3 is 15.4 Å². The van der Waals surface area contributed by atoms with Gasteiger partial charge in [-0.3, -0.25) is 9.59 Å². The van der Waals surface area contributed by atoms with Crippen LogP contribution in [0.25, 0.3) is 0 Å². The van der Waals surface area contributed by atoms with Crippen molar-refractivity contribution in [1.82, 2.24) is 10.6 Å². The molecule has 0 radical (unpaired) electrons. The van der Waals surface area contributed by atoms with Crippen LogP contribution in [0.15, 0.2) is 24.3 Å². The van der Waals surface area contributed by atoms with Crippen molar-refractivity contribution >= 4 is 11.8 Å². The van der Waals surface area contributed by atoms with Crippen molar-refractivity contribution in [2.45, 2.75) is 45.6 Å². The molecule has 1 unspecified atom stereocenters. The largest absolute Gasteiger partial charge is 0.493 e. The first-order valence-corrected chi connectivity index (χ1v) is 8.41. The van der Waals surface area contributed by atoms with Crippen LogP contribution in [-0.4, -0.2) is 31.0 Å². The number of para-hydroxylation sites is 1. The van der Waals surface area contributed by atoms with Gasteiger partial charge in [-0.15, -0.1) is 0 Å². The number of hydrogen-bond donors (Lipinski definition) is 2. The van der Waals surface area contributed by atoms with E-state index in [9.17, 15) is 9.59 Å². The van der Waals surface area contributed by atoms with E-state index in [1.165, 1.54) is 12.8 Å². The van der Waals surface area contributed by atoms with Crippen molar-refractivity contribution in [2.24, 2.45) is 5.92 Å². The molecule has 0 aromatic heterocycles. The highest BCUT2D eigenvalue weighted by Crippen LogP contribution is 2.32. The molecule has 2 N–H and O–H groups in total. The monoisotopic (exact) mass is 318 g/mol. The van der Waals surface area contributed by atoms with Crippen molar-refractivity contribution in [3.8, 4) is 5.75 Å². The van der Waals surface area contributed by atoms with E-state index in [1.807, 2.05) is 19.1 Å². The minimum atomic E-state index is -0.166. The van der Waals surface area contributed by atoms with Crippen LogP contribution in [0.5, 0.6) is 5.75 Å². The summed E-state index contributed by atoms with van der Waals surface area (Å²) in [5, 5.41) is 5.86. The maximum Gasteiger partial charge on any atom is 0.255 e. The van der Waals surface area contributed by atoms with Crippen molar-refractivity contribution in [3.05, 3.63) is 29.8 Å². The second-order valence-corrected chi connectivity index (χ2v) is 5.98. The molecule has 1 atom stereocenters. The Bertz CT molecular complexity index is 541. The molecule has 1 aromatic rings. The van der Waals surface area contributed by atoms with Crippen LogP contribution in [0.1, 0.15) is 49.9 Å². The first kappa shape index (κ1) is 17.3. The van der Waals surface area contributed by atoms with E-state index >= 15 is 0 Å². The topological polar surface area (TPSA) is 67.4 Å². The SMILES string of the molecule is CCOc1ccccc1C(=O)NCCCC(=O)NC(C)C1CC1. The van der Waals surface area contributed by atoms with Gasteiger partial charge in [0, 0.05) is 19.0 Å². The van der Waals surface area contributed by atoms with Gasteiger partial charge in [-0.05, 0) is 51.2 Å². The van der Waals surface area contributed by atoms with Gasteiger partial charge in [0.05, 0.1) is 12.2 Å². The number of ether oxygens (including phenoxy) is 1. The Morgan fingerprint density at radius 2 is 2.04 bits per heavy atom. The Morgan fingerprint density at radius 3 is 2.74 bits per heavy atom. The smallest absolute Gasteiger partial charge is 0.255 e. The molecule has 5 heteroatoms. The lowest BCUT2D eigenvalue weighted by atomic mass is 10.2. The fraction of sp³-hybridized carbons (Fsp3) is 0.556. The Labute approximate surface area is 137 Å². The average molecular weight is 318 g/mol. The molecular weight excluding hydrogens is 292 g/mol. The second kappa shape index (κ2) is 8.56. The molecule has 126 valence electrons. The van der Waals surface area contributed by atoms with Crippen LogP contribution in [0, 0.1) is 5.92 Å². The molecular formula is C18H26N2O3. The first-order valence-electron chi connectivity index (χ1n) is 8.41. The highest BCUT2D eigenvalue weighted by Gasteiger charge is 2.28. The van der Waals surface area contributed by atoms with Crippen molar-refractivity contribution in [2.75, 3.05) is 13.2 Å². The lowest BCUT2D eigenvalue weighted by Gasteiger charge is -2.13. The van der Waals surface area contributed by atoms with Crippen LogP contribution in [0.2, 0.25) is 0 Å². The van der Waals surface area contributed by atoms with Crippen LogP contribution in [0.3, 0.4) is 0 Å². The van der Waals surface area contributed by atoms with E-state index in [2.05, 4.69) is 17.6 Å². The van der Waals surface area contributed by atoms with E-state index in [0.717, 1.165) is 0 Å². The average Bonchev–Trinajstić information content (AvgIpc) is 3.37. The summed E-state index contributed by atoms with van der Waals surface area (Å²) in [6.45, 7) is 4.94. The molecule has 0 bridgehead atoms. The van der Waals surface area contributed by atoms with Crippen LogP contribution in [0.4, 0.5) is 0 Å². The quantitative estimate of drug-likeness (QED) is 0.688. The maximum atomic E-state index is 12.2. The molecule has 1 aliphatic carbocycles. The van der Waals surface area contributed by atoms with E-state index in [0.29, 0.717) is 43.2 Å². The number of carbonyl (C=O) groups is 2. The zero-order chi connectivity index (χ0) is 16.7. The first-order chi connectivity index (χ1) is 11.1. The lowest BCUT2D eigenvalue weighted by Crippen LogP contribution is -2.34. The summed E-state index contributed by atoms with van der Waals surface area (Å²) in [6.07, 6.45) is 3.50. The number of benzene rings is 1. The Hall–Kier alpha value is -2.04. The molecule has 1 aromatic carbocycles. The molecule has 1 aliphatic rings. The molecule has 0 spiro atoms.